The van der Waals surface area contributed by atoms with Crippen LogP contribution in [0.5, 0.6) is 0 Å². The van der Waals surface area contributed by atoms with Gasteiger partial charge in [0, 0.05) is 12.1 Å². The molecule has 88 valence electrons. The second kappa shape index (κ2) is 4.81. The molecule has 2 aliphatic rings. The maximum absolute atomic E-state index is 6.39. The zero-order valence-electron chi connectivity index (χ0n) is 9.67. The Morgan fingerprint density at radius 3 is 2.27 bits per heavy atom. The first-order valence-corrected chi connectivity index (χ1v) is 6.52. The molecule has 5 N–H and O–H groups in total. The van der Waals surface area contributed by atoms with Crippen molar-refractivity contribution in [2.45, 2.75) is 75.5 Å². The molecule has 0 aromatic rings. The van der Waals surface area contributed by atoms with E-state index >= 15 is 0 Å². The molecule has 0 aromatic carbocycles. The van der Waals surface area contributed by atoms with E-state index in [1.165, 1.54) is 38.5 Å². The summed E-state index contributed by atoms with van der Waals surface area (Å²) in [6.07, 6.45) is 11.1. The van der Waals surface area contributed by atoms with Crippen molar-refractivity contribution in [3.63, 3.8) is 0 Å². The first-order chi connectivity index (χ1) is 7.20. The summed E-state index contributed by atoms with van der Waals surface area (Å²) in [5.74, 6) is 0. The summed E-state index contributed by atoms with van der Waals surface area (Å²) in [4.78, 5) is 0. The van der Waals surface area contributed by atoms with Crippen molar-refractivity contribution in [2.24, 2.45) is 11.5 Å². The number of nitrogens with two attached hydrogens (primary N) is 2. The second-order valence-corrected chi connectivity index (χ2v) is 5.42. The number of hydrogen-bond acceptors (Lipinski definition) is 3. The fourth-order valence-electron chi connectivity index (χ4n) is 3.03. The smallest absolute Gasteiger partial charge is 0.0664 e. The van der Waals surface area contributed by atoms with Crippen molar-refractivity contribution in [1.29, 1.82) is 0 Å². The van der Waals surface area contributed by atoms with E-state index in [0.717, 1.165) is 19.3 Å². The van der Waals surface area contributed by atoms with Crippen molar-refractivity contribution < 1.29 is 0 Å². The van der Waals surface area contributed by atoms with Gasteiger partial charge in [-0.2, -0.15) is 0 Å². The number of rotatable bonds is 2. The lowest BCUT2D eigenvalue weighted by molar-refractivity contribution is 0.181. The minimum Gasteiger partial charge on any atom is -0.326 e. The summed E-state index contributed by atoms with van der Waals surface area (Å²) < 4.78 is 0. The highest BCUT2D eigenvalue weighted by atomic mass is 15.1. The minimum absolute atomic E-state index is 0.113. The average Bonchev–Trinajstić information content (AvgIpc) is 2.22. The quantitative estimate of drug-likeness (QED) is 0.606. The van der Waals surface area contributed by atoms with Crippen LogP contribution in [0.2, 0.25) is 0 Å². The van der Waals surface area contributed by atoms with Crippen LogP contribution in [0.15, 0.2) is 0 Å². The van der Waals surface area contributed by atoms with E-state index in [2.05, 4.69) is 5.32 Å². The summed E-state index contributed by atoms with van der Waals surface area (Å²) in [7, 11) is 0. The third-order valence-corrected chi connectivity index (χ3v) is 4.04. The lowest BCUT2D eigenvalue weighted by atomic mass is 9.85. The van der Waals surface area contributed by atoms with Crippen molar-refractivity contribution in [3.8, 4) is 0 Å². The van der Waals surface area contributed by atoms with Crippen molar-refractivity contribution >= 4 is 0 Å². The van der Waals surface area contributed by atoms with Crippen LogP contribution in [0.1, 0.15) is 57.8 Å². The predicted molar refractivity (Wildman–Crippen MR) is 63.4 cm³/mol. The summed E-state index contributed by atoms with van der Waals surface area (Å²) >= 11 is 0. The fourth-order valence-corrected chi connectivity index (χ4v) is 3.03. The van der Waals surface area contributed by atoms with Crippen LogP contribution in [0.4, 0.5) is 0 Å². The van der Waals surface area contributed by atoms with E-state index in [0.29, 0.717) is 12.1 Å². The van der Waals surface area contributed by atoms with E-state index < -0.39 is 0 Å². The molecule has 0 spiro atoms. The van der Waals surface area contributed by atoms with Gasteiger partial charge >= 0.3 is 0 Å². The zero-order valence-corrected chi connectivity index (χ0v) is 9.67. The minimum atomic E-state index is -0.113. The topological polar surface area (TPSA) is 64.1 Å². The lowest BCUT2D eigenvalue weighted by Crippen LogP contribution is -2.62. The molecule has 3 nitrogen and oxygen atoms in total. The van der Waals surface area contributed by atoms with Crippen LogP contribution >= 0.6 is 0 Å². The Hall–Kier alpha value is -0.120. The fraction of sp³-hybridized carbons (Fsp3) is 1.00. The van der Waals surface area contributed by atoms with E-state index in [1.807, 2.05) is 0 Å². The lowest BCUT2D eigenvalue weighted by Gasteiger charge is -2.41. The summed E-state index contributed by atoms with van der Waals surface area (Å²) in [6, 6.07) is 0.781. The van der Waals surface area contributed by atoms with Gasteiger partial charge in [0.05, 0.1) is 5.66 Å². The molecule has 0 bridgehead atoms. The summed E-state index contributed by atoms with van der Waals surface area (Å²) in [5, 5.41) is 3.64. The Morgan fingerprint density at radius 2 is 1.60 bits per heavy atom. The Balaban J connectivity index is 1.88. The molecular weight excluding hydrogens is 186 g/mol. The van der Waals surface area contributed by atoms with Gasteiger partial charge in [-0.15, -0.1) is 0 Å². The van der Waals surface area contributed by atoms with Crippen LogP contribution in [-0.4, -0.2) is 17.7 Å². The molecule has 0 heterocycles. The molecule has 0 radical (unpaired) electrons. The molecule has 0 aromatic heterocycles. The largest absolute Gasteiger partial charge is 0.326 e. The molecule has 2 saturated carbocycles. The van der Waals surface area contributed by atoms with Gasteiger partial charge in [-0.05, 0) is 25.7 Å². The first-order valence-electron chi connectivity index (χ1n) is 6.52. The number of nitrogens with one attached hydrogen (secondary N) is 1. The van der Waals surface area contributed by atoms with Gasteiger partial charge in [-0.25, -0.2) is 0 Å². The highest BCUT2D eigenvalue weighted by Crippen LogP contribution is 2.26. The van der Waals surface area contributed by atoms with Gasteiger partial charge in [0.25, 0.3) is 0 Å². The SMILES string of the molecule is NC1CCCCC1NC1(N)CCCCC1. The molecule has 2 fully saturated rings. The van der Waals surface area contributed by atoms with E-state index in [4.69, 9.17) is 11.5 Å². The molecule has 2 rings (SSSR count). The van der Waals surface area contributed by atoms with E-state index in [-0.39, 0.29) is 5.66 Å². The third kappa shape index (κ3) is 2.92. The van der Waals surface area contributed by atoms with Crippen molar-refractivity contribution in [1.82, 2.24) is 5.32 Å². The molecular formula is C12H25N3. The molecule has 0 aliphatic heterocycles. The molecule has 15 heavy (non-hydrogen) atoms. The maximum atomic E-state index is 6.39. The van der Waals surface area contributed by atoms with Gasteiger partial charge in [0.2, 0.25) is 0 Å². The van der Waals surface area contributed by atoms with Crippen LogP contribution in [0, 0.1) is 0 Å². The van der Waals surface area contributed by atoms with Gasteiger partial charge < -0.3 is 11.5 Å². The Labute approximate surface area is 93.0 Å². The van der Waals surface area contributed by atoms with Crippen molar-refractivity contribution in [3.05, 3.63) is 0 Å². The van der Waals surface area contributed by atoms with Crippen LogP contribution in [-0.2, 0) is 0 Å². The molecule has 0 amide bonds. The number of hydrogen-bond donors (Lipinski definition) is 3. The molecule has 2 unspecified atom stereocenters. The maximum Gasteiger partial charge on any atom is 0.0664 e. The highest BCUT2D eigenvalue weighted by molar-refractivity contribution is 4.92. The molecule has 2 atom stereocenters. The molecule has 3 heteroatoms. The van der Waals surface area contributed by atoms with Crippen LogP contribution in [0.25, 0.3) is 0 Å². The molecule has 0 saturated heterocycles. The van der Waals surface area contributed by atoms with E-state index in [1.54, 1.807) is 0 Å². The normalized spacial score (nSPS) is 36.4. The summed E-state index contributed by atoms with van der Waals surface area (Å²) in [6.45, 7) is 0. The highest BCUT2D eigenvalue weighted by Gasteiger charge is 2.32. The van der Waals surface area contributed by atoms with Gasteiger partial charge in [0.15, 0.2) is 0 Å². The predicted octanol–water partition coefficient (Wildman–Crippen LogP) is 1.46. The van der Waals surface area contributed by atoms with Gasteiger partial charge in [0.1, 0.15) is 0 Å². The van der Waals surface area contributed by atoms with E-state index in [9.17, 15) is 0 Å². The standard InChI is InChI=1S/C12H25N3/c13-10-6-2-3-7-11(10)15-12(14)8-4-1-5-9-12/h10-11,15H,1-9,13-14H2. The van der Waals surface area contributed by atoms with Crippen LogP contribution in [0.3, 0.4) is 0 Å². The first kappa shape index (κ1) is 11.4. The van der Waals surface area contributed by atoms with Crippen molar-refractivity contribution in [2.75, 3.05) is 0 Å². The average molecular weight is 211 g/mol. The Kier molecular flexibility index (Phi) is 3.65. The second-order valence-electron chi connectivity index (χ2n) is 5.42. The van der Waals surface area contributed by atoms with Crippen LogP contribution < -0.4 is 16.8 Å². The Morgan fingerprint density at radius 1 is 0.933 bits per heavy atom. The molecule has 2 aliphatic carbocycles. The Bertz CT molecular complexity index is 199. The third-order valence-electron chi connectivity index (χ3n) is 4.04. The monoisotopic (exact) mass is 211 g/mol. The zero-order chi connectivity index (χ0) is 10.7. The van der Waals surface area contributed by atoms with Gasteiger partial charge in [-0.1, -0.05) is 32.1 Å². The summed E-state index contributed by atoms with van der Waals surface area (Å²) in [5.41, 5.74) is 12.4. The van der Waals surface area contributed by atoms with Gasteiger partial charge in [-0.3, -0.25) is 5.32 Å².